The molecule has 18 heavy (non-hydrogen) atoms. The van der Waals surface area contributed by atoms with Crippen molar-refractivity contribution in [2.75, 3.05) is 18.4 Å². The molecule has 0 radical (unpaired) electrons. The fourth-order valence-electron chi connectivity index (χ4n) is 1.98. The normalized spacial score (nSPS) is 15.4. The molecular formula is C11H13N5OS. The van der Waals surface area contributed by atoms with Crippen molar-refractivity contribution >= 4 is 22.4 Å². The highest BCUT2D eigenvalue weighted by atomic mass is 32.1. The number of aromatic nitrogens is 3. The molecule has 2 aromatic rings. The van der Waals surface area contributed by atoms with Crippen molar-refractivity contribution < 1.29 is 4.79 Å². The molecule has 0 aliphatic carbocycles. The average Bonchev–Trinajstić information content (AvgIpc) is 2.94. The lowest BCUT2D eigenvalue weighted by molar-refractivity contribution is 0.117. The van der Waals surface area contributed by atoms with Gasteiger partial charge in [0.25, 0.3) is 0 Å². The number of nitrogens with one attached hydrogen (secondary N) is 1. The summed E-state index contributed by atoms with van der Waals surface area (Å²) in [5, 5.41) is 13.4. The molecule has 1 aliphatic rings. The van der Waals surface area contributed by atoms with E-state index in [1.165, 1.54) is 11.3 Å². The van der Waals surface area contributed by atoms with Gasteiger partial charge >= 0.3 is 6.03 Å². The second-order valence-corrected chi connectivity index (χ2v) is 5.25. The van der Waals surface area contributed by atoms with Gasteiger partial charge in [-0.1, -0.05) is 5.21 Å². The van der Waals surface area contributed by atoms with Gasteiger partial charge in [-0.05, 0) is 17.5 Å². The first-order valence-corrected chi connectivity index (χ1v) is 6.63. The van der Waals surface area contributed by atoms with Crippen LogP contribution in [0.4, 0.5) is 9.80 Å². The Bertz CT molecular complexity index is 504. The van der Waals surface area contributed by atoms with Crippen molar-refractivity contribution in [1.82, 2.24) is 19.9 Å². The van der Waals surface area contributed by atoms with Gasteiger partial charge in [0.2, 0.25) is 0 Å². The van der Waals surface area contributed by atoms with Gasteiger partial charge in [-0.25, -0.2) is 4.79 Å². The second kappa shape index (κ2) is 4.77. The summed E-state index contributed by atoms with van der Waals surface area (Å²) in [4.78, 5) is 13.6. The van der Waals surface area contributed by atoms with E-state index >= 15 is 0 Å². The number of carbonyl (C=O) groups excluding carboxylic acids is 1. The first-order chi connectivity index (χ1) is 8.81. The molecule has 0 unspecified atom stereocenters. The maximum absolute atomic E-state index is 11.8. The molecule has 0 saturated carbocycles. The third-order valence-electron chi connectivity index (χ3n) is 2.91. The highest BCUT2D eigenvalue weighted by Crippen LogP contribution is 2.20. The number of hydrogen-bond acceptors (Lipinski definition) is 4. The Balaban J connectivity index is 1.45. The fraction of sp³-hybridized carbons (Fsp3) is 0.364. The van der Waals surface area contributed by atoms with Crippen molar-refractivity contribution in [3.63, 3.8) is 0 Å². The molecule has 0 spiro atoms. The van der Waals surface area contributed by atoms with Crippen LogP contribution in [0.2, 0.25) is 0 Å². The van der Waals surface area contributed by atoms with E-state index in [2.05, 4.69) is 15.6 Å². The lowest BCUT2D eigenvalue weighted by Crippen LogP contribution is -2.52. The van der Waals surface area contributed by atoms with E-state index in [0.29, 0.717) is 5.92 Å². The second-order valence-electron chi connectivity index (χ2n) is 4.30. The molecule has 2 amide bonds. The van der Waals surface area contributed by atoms with Gasteiger partial charge in [-0.2, -0.15) is 0 Å². The highest BCUT2D eigenvalue weighted by Gasteiger charge is 2.31. The van der Waals surface area contributed by atoms with Crippen LogP contribution in [0.1, 0.15) is 0 Å². The van der Waals surface area contributed by atoms with Crippen LogP contribution in [0.5, 0.6) is 0 Å². The number of nitrogens with zero attached hydrogens (tertiary/aromatic N) is 4. The molecule has 0 bridgehead atoms. The zero-order chi connectivity index (χ0) is 12.4. The van der Waals surface area contributed by atoms with Crippen molar-refractivity contribution in [3.8, 4) is 0 Å². The SMILES string of the molecule is O=C(Nc1cccs1)N1CC(Cn2ccnn2)C1. The van der Waals surface area contributed by atoms with Gasteiger partial charge in [0.1, 0.15) is 0 Å². The molecule has 0 aromatic carbocycles. The molecule has 1 saturated heterocycles. The van der Waals surface area contributed by atoms with E-state index in [1.807, 2.05) is 23.7 Å². The van der Waals surface area contributed by atoms with Crippen molar-refractivity contribution in [2.45, 2.75) is 6.54 Å². The minimum absolute atomic E-state index is 0.0210. The maximum atomic E-state index is 11.8. The lowest BCUT2D eigenvalue weighted by Gasteiger charge is -2.38. The van der Waals surface area contributed by atoms with E-state index in [-0.39, 0.29) is 6.03 Å². The van der Waals surface area contributed by atoms with Crippen molar-refractivity contribution in [1.29, 1.82) is 0 Å². The van der Waals surface area contributed by atoms with Crippen LogP contribution in [0.15, 0.2) is 29.9 Å². The molecule has 3 rings (SSSR count). The molecule has 3 heterocycles. The van der Waals surface area contributed by atoms with Gasteiger partial charge in [-0.15, -0.1) is 16.4 Å². The number of carbonyl (C=O) groups is 1. The third kappa shape index (κ3) is 2.35. The zero-order valence-electron chi connectivity index (χ0n) is 9.69. The first-order valence-electron chi connectivity index (χ1n) is 5.75. The first kappa shape index (κ1) is 11.2. The molecule has 2 aromatic heterocycles. The van der Waals surface area contributed by atoms with E-state index in [9.17, 15) is 4.79 Å². The van der Waals surface area contributed by atoms with Crippen molar-refractivity contribution in [3.05, 3.63) is 29.9 Å². The number of amides is 2. The third-order valence-corrected chi connectivity index (χ3v) is 3.70. The summed E-state index contributed by atoms with van der Waals surface area (Å²) in [6.07, 6.45) is 3.51. The molecule has 7 heteroatoms. The Hall–Kier alpha value is -1.89. The molecule has 1 fully saturated rings. The summed E-state index contributed by atoms with van der Waals surface area (Å²) in [5.41, 5.74) is 0. The van der Waals surface area contributed by atoms with E-state index in [0.717, 1.165) is 24.6 Å². The Morgan fingerprint density at radius 3 is 3.11 bits per heavy atom. The zero-order valence-corrected chi connectivity index (χ0v) is 10.5. The minimum Gasteiger partial charge on any atom is -0.324 e. The topological polar surface area (TPSA) is 63.1 Å². The summed E-state index contributed by atoms with van der Waals surface area (Å²) in [7, 11) is 0. The molecule has 1 N–H and O–H groups in total. The van der Waals surface area contributed by atoms with Gasteiger partial charge in [0, 0.05) is 31.7 Å². The molecular weight excluding hydrogens is 250 g/mol. The number of thiophene rings is 1. The quantitative estimate of drug-likeness (QED) is 0.913. The minimum atomic E-state index is -0.0210. The fourth-order valence-corrected chi connectivity index (χ4v) is 2.59. The van der Waals surface area contributed by atoms with Crippen LogP contribution < -0.4 is 5.32 Å². The predicted molar refractivity (Wildman–Crippen MR) is 68.4 cm³/mol. The Kier molecular flexibility index (Phi) is 2.97. The van der Waals surface area contributed by atoms with E-state index in [4.69, 9.17) is 0 Å². The predicted octanol–water partition coefficient (Wildman–Crippen LogP) is 1.50. The molecule has 94 valence electrons. The smallest absolute Gasteiger partial charge is 0.322 e. The van der Waals surface area contributed by atoms with Crippen LogP contribution in [-0.2, 0) is 6.54 Å². The Morgan fingerprint density at radius 2 is 2.44 bits per heavy atom. The summed E-state index contributed by atoms with van der Waals surface area (Å²) >= 11 is 1.53. The standard InChI is InChI=1S/C11H13N5OS/c17-11(13-10-2-1-5-18-10)15-6-9(7-15)8-16-4-3-12-14-16/h1-5,9H,6-8H2,(H,13,17). The number of hydrogen-bond donors (Lipinski definition) is 1. The molecule has 1 aliphatic heterocycles. The number of rotatable bonds is 3. The number of urea groups is 1. The largest absolute Gasteiger partial charge is 0.324 e. The van der Waals surface area contributed by atoms with E-state index < -0.39 is 0 Å². The van der Waals surface area contributed by atoms with Crippen LogP contribution in [0.3, 0.4) is 0 Å². The average molecular weight is 263 g/mol. The van der Waals surface area contributed by atoms with Crippen LogP contribution in [0.25, 0.3) is 0 Å². The molecule has 6 nitrogen and oxygen atoms in total. The molecule has 0 atom stereocenters. The number of likely N-dealkylation sites (tertiary alicyclic amines) is 1. The monoisotopic (exact) mass is 263 g/mol. The van der Waals surface area contributed by atoms with Gasteiger partial charge in [0.15, 0.2) is 0 Å². The van der Waals surface area contributed by atoms with Crippen LogP contribution in [-0.4, -0.2) is 39.0 Å². The summed E-state index contributed by atoms with van der Waals surface area (Å²) in [5.74, 6) is 0.473. The van der Waals surface area contributed by atoms with Crippen LogP contribution >= 0.6 is 11.3 Å². The van der Waals surface area contributed by atoms with Crippen molar-refractivity contribution in [2.24, 2.45) is 5.92 Å². The van der Waals surface area contributed by atoms with Gasteiger partial charge < -0.3 is 4.90 Å². The van der Waals surface area contributed by atoms with E-state index in [1.54, 1.807) is 15.8 Å². The maximum Gasteiger partial charge on any atom is 0.322 e. The summed E-state index contributed by atoms with van der Waals surface area (Å²) in [6.45, 7) is 2.37. The Labute approximate surface area is 108 Å². The van der Waals surface area contributed by atoms with Gasteiger partial charge in [0.05, 0.1) is 11.2 Å². The van der Waals surface area contributed by atoms with Gasteiger partial charge in [-0.3, -0.25) is 10.00 Å². The number of anilines is 1. The Morgan fingerprint density at radius 1 is 1.56 bits per heavy atom. The lowest BCUT2D eigenvalue weighted by atomic mass is 10.0. The highest BCUT2D eigenvalue weighted by molar-refractivity contribution is 7.14. The summed E-state index contributed by atoms with van der Waals surface area (Å²) in [6, 6.07) is 3.80. The summed E-state index contributed by atoms with van der Waals surface area (Å²) < 4.78 is 1.80. The van der Waals surface area contributed by atoms with Crippen LogP contribution in [0, 0.1) is 5.92 Å².